The third-order valence-corrected chi connectivity index (χ3v) is 6.45. The summed E-state index contributed by atoms with van der Waals surface area (Å²) in [7, 11) is -3.78. The van der Waals surface area contributed by atoms with Crippen LogP contribution in [-0.2, 0) is 21.0 Å². The molecule has 1 aliphatic rings. The van der Waals surface area contributed by atoms with Crippen LogP contribution in [0, 0.1) is 0 Å². The van der Waals surface area contributed by atoms with E-state index in [2.05, 4.69) is 16.9 Å². The van der Waals surface area contributed by atoms with E-state index in [1.165, 1.54) is 40.7 Å². The van der Waals surface area contributed by atoms with Gasteiger partial charge >= 0.3 is 6.18 Å². The molecule has 3 rings (SSSR count). The molecule has 2 heterocycles. The Hall–Kier alpha value is -2.92. The van der Waals surface area contributed by atoms with Gasteiger partial charge in [0.05, 0.1) is 4.90 Å². The van der Waals surface area contributed by atoms with Crippen molar-refractivity contribution in [1.82, 2.24) is 9.29 Å². The summed E-state index contributed by atoms with van der Waals surface area (Å²) in [5.74, 6) is -0.255. The number of alkyl halides is 3. The third kappa shape index (κ3) is 4.79. The van der Waals surface area contributed by atoms with Gasteiger partial charge in [-0.2, -0.15) is 17.5 Å². The maximum atomic E-state index is 12.9. The Kier molecular flexibility index (Phi) is 6.13. The molecule has 11 heteroatoms. The number of sulfonamides is 1. The lowest BCUT2D eigenvalue weighted by atomic mass is 10.3. The normalized spacial score (nSPS) is 15.6. The number of hydrogen-bond donors (Lipinski definition) is 1. The molecular formula is C19H19F3N4O3S. The van der Waals surface area contributed by atoms with Gasteiger partial charge in [0.25, 0.3) is 0 Å². The Labute approximate surface area is 171 Å². The molecule has 1 aromatic heterocycles. The summed E-state index contributed by atoms with van der Waals surface area (Å²) in [6.45, 7) is 3.97. The molecule has 0 atom stereocenters. The predicted octanol–water partition coefficient (Wildman–Crippen LogP) is 2.74. The van der Waals surface area contributed by atoms with E-state index in [1.807, 2.05) is 0 Å². The highest BCUT2D eigenvalue weighted by atomic mass is 32.2. The number of pyridine rings is 1. The number of rotatable bonds is 5. The van der Waals surface area contributed by atoms with Gasteiger partial charge in [-0.25, -0.2) is 13.4 Å². The van der Waals surface area contributed by atoms with E-state index >= 15 is 0 Å². The van der Waals surface area contributed by atoms with Crippen LogP contribution in [0.4, 0.5) is 24.7 Å². The number of piperazine rings is 1. The Balaban J connectivity index is 1.68. The number of nitrogens with zero attached hydrogens (tertiary/aromatic N) is 3. The van der Waals surface area contributed by atoms with Crippen LogP contribution in [0.25, 0.3) is 0 Å². The second-order valence-electron chi connectivity index (χ2n) is 6.49. The monoisotopic (exact) mass is 440 g/mol. The van der Waals surface area contributed by atoms with Crippen LogP contribution in [0.3, 0.4) is 0 Å². The summed E-state index contributed by atoms with van der Waals surface area (Å²) in [6.07, 6.45) is -3.44. The first kappa shape index (κ1) is 21.8. The molecule has 1 aromatic carbocycles. The minimum Gasteiger partial charge on any atom is -0.354 e. The number of amides is 1. The molecule has 0 aliphatic carbocycles. The van der Waals surface area contributed by atoms with Crippen molar-refractivity contribution >= 4 is 27.4 Å². The summed E-state index contributed by atoms with van der Waals surface area (Å²) in [5.41, 5.74) is -0.557. The molecule has 2 aromatic rings. The maximum Gasteiger partial charge on any atom is 0.433 e. The average Bonchev–Trinajstić information content (AvgIpc) is 2.73. The number of carbonyl (C=O) groups excluding carboxylic acids is 1. The van der Waals surface area contributed by atoms with Crippen LogP contribution in [-0.4, -0.2) is 49.8 Å². The number of aromatic nitrogens is 1. The summed E-state index contributed by atoms with van der Waals surface area (Å²) in [4.78, 5) is 16.6. The van der Waals surface area contributed by atoms with Crippen molar-refractivity contribution in [3.63, 3.8) is 0 Å². The van der Waals surface area contributed by atoms with Crippen LogP contribution in [0.2, 0.25) is 0 Å². The van der Waals surface area contributed by atoms with Crippen LogP contribution in [0.15, 0.2) is 60.0 Å². The first-order valence-electron chi connectivity index (χ1n) is 8.94. The number of hydrogen-bond acceptors (Lipinski definition) is 5. The van der Waals surface area contributed by atoms with Crippen LogP contribution in [0.5, 0.6) is 0 Å². The molecular weight excluding hydrogens is 421 g/mol. The van der Waals surface area contributed by atoms with E-state index in [1.54, 1.807) is 4.90 Å². The van der Waals surface area contributed by atoms with Crippen molar-refractivity contribution in [2.24, 2.45) is 0 Å². The van der Waals surface area contributed by atoms with Gasteiger partial charge in [0.15, 0.2) is 0 Å². The van der Waals surface area contributed by atoms with Crippen molar-refractivity contribution < 1.29 is 26.4 Å². The van der Waals surface area contributed by atoms with Crippen LogP contribution in [0.1, 0.15) is 5.69 Å². The zero-order chi connectivity index (χ0) is 21.9. The summed E-state index contributed by atoms with van der Waals surface area (Å²) in [5, 5.41) is 2.53. The molecule has 0 bridgehead atoms. The van der Waals surface area contributed by atoms with E-state index in [-0.39, 0.29) is 36.9 Å². The molecule has 1 amide bonds. The highest BCUT2D eigenvalue weighted by Crippen LogP contribution is 2.29. The van der Waals surface area contributed by atoms with Gasteiger partial charge < -0.3 is 10.2 Å². The van der Waals surface area contributed by atoms with Crippen molar-refractivity contribution in [3.8, 4) is 0 Å². The summed E-state index contributed by atoms with van der Waals surface area (Å²) >= 11 is 0. The molecule has 1 N–H and O–H groups in total. The van der Waals surface area contributed by atoms with Crippen molar-refractivity contribution in [1.29, 1.82) is 0 Å². The number of halogens is 3. The van der Waals surface area contributed by atoms with Crippen LogP contribution < -0.4 is 10.2 Å². The minimum absolute atomic E-state index is 0.0599. The largest absolute Gasteiger partial charge is 0.433 e. The third-order valence-electron chi connectivity index (χ3n) is 4.53. The fourth-order valence-electron chi connectivity index (χ4n) is 2.97. The Morgan fingerprint density at radius 2 is 1.70 bits per heavy atom. The number of nitrogens with one attached hydrogen (secondary N) is 1. The highest BCUT2D eigenvalue weighted by Gasteiger charge is 2.34. The molecule has 1 saturated heterocycles. The fourth-order valence-corrected chi connectivity index (χ4v) is 4.39. The first-order chi connectivity index (χ1) is 14.1. The standard InChI is InChI=1S/C19H19F3N4O3S/c1-2-18(27)23-14-6-8-15(9-7-14)30(28,29)26-12-10-25(11-13-26)17-5-3-4-16(24-17)19(20,21)22/h2-9H,1,10-13H2,(H,23,27). The van der Waals surface area contributed by atoms with Crippen molar-refractivity contribution in [2.75, 3.05) is 36.4 Å². The quantitative estimate of drug-likeness (QED) is 0.723. The Bertz CT molecular complexity index is 1030. The van der Waals surface area contributed by atoms with E-state index in [9.17, 15) is 26.4 Å². The zero-order valence-corrected chi connectivity index (χ0v) is 16.6. The minimum atomic E-state index is -4.54. The van der Waals surface area contributed by atoms with Crippen molar-refractivity contribution in [2.45, 2.75) is 11.1 Å². The Morgan fingerprint density at radius 1 is 1.07 bits per heavy atom. The fraction of sp³-hybridized carbons (Fsp3) is 0.263. The molecule has 7 nitrogen and oxygen atoms in total. The molecule has 30 heavy (non-hydrogen) atoms. The second-order valence-corrected chi connectivity index (χ2v) is 8.43. The van der Waals surface area contributed by atoms with Gasteiger partial charge in [0, 0.05) is 31.9 Å². The molecule has 0 spiro atoms. The lowest BCUT2D eigenvalue weighted by Gasteiger charge is -2.34. The number of carbonyl (C=O) groups is 1. The van der Waals surface area contributed by atoms with Gasteiger partial charge in [0.2, 0.25) is 15.9 Å². The smallest absolute Gasteiger partial charge is 0.354 e. The number of anilines is 2. The first-order valence-corrected chi connectivity index (χ1v) is 10.4. The molecule has 0 saturated carbocycles. The highest BCUT2D eigenvalue weighted by molar-refractivity contribution is 7.89. The molecule has 0 radical (unpaired) electrons. The molecule has 1 fully saturated rings. The zero-order valence-electron chi connectivity index (χ0n) is 15.8. The SMILES string of the molecule is C=CC(=O)Nc1ccc(S(=O)(=O)N2CCN(c3cccc(C(F)(F)F)n3)CC2)cc1. The van der Waals surface area contributed by atoms with Gasteiger partial charge in [-0.05, 0) is 42.5 Å². The van der Waals surface area contributed by atoms with E-state index in [0.717, 1.165) is 12.1 Å². The van der Waals surface area contributed by atoms with Gasteiger partial charge in [0.1, 0.15) is 11.5 Å². The topological polar surface area (TPSA) is 82.6 Å². The lowest BCUT2D eigenvalue weighted by Crippen LogP contribution is -2.49. The molecule has 160 valence electrons. The predicted molar refractivity (Wildman–Crippen MR) is 105 cm³/mol. The van der Waals surface area contributed by atoms with Crippen molar-refractivity contribution in [3.05, 3.63) is 60.8 Å². The summed E-state index contributed by atoms with van der Waals surface area (Å²) in [6, 6.07) is 9.35. The van der Waals surface area contributed by atoms with E-state index < -0.39 is 27.8 Å². The molecule has 1 aliphatic heterocycles. The van der Waals surface area contributed by atoms with Gasteiger partial charge in [-0.1, -0.05) is 12.6 Å². The maximum absolute atomic E-state index is 12.9. The van der Waals surface area contributed by atoms with Gasteiger partial charge in [-0.15, -0.1) is 0 Å². The molecule has 0 unspecified atom stereocenters. The van der Waals surface area contributed by atoms with Gasteiger partial charge in [-0.3, -0.25) is 4.79 Å². The average molecular weight is 440 g/mol. The second kappa shape index (κ2) is 8.44. The number of benzene rings is 1. The van der Waals surface area contributed by atoms with Crippen LogP contribution >= 0.6 is 0 Å². The van der Waals surface area contributed by atoms with E-state index in [0.29, 0.717) is 5.69 Å². The lowest BCUT2D eigenvalue weighted by molar-refractivity contribution is -0.141. The summed E-state index contributed by atoms with van der Waals surface area (Å²) < 4.78 is 65.6. The Morgan fingerprint density at radius 3 is 2.27 bits per heavy atom. The van der Waals surface area contributed by atoms with E-state index in [4.69, 9.17) is 0 Å².